The predicted octanol–water partition coefficient (Wildman–Crippen LogP) is 2.85. The first-order valence-corrected chi connectivity index (χ1v) is 7.35. The molecule has 1 rings (SSSR count). The Morgan fingerprint density at radius 1 is 1.40 bits per heavy atom. The van der Waals surface area contributed by atoms with E-state index in [-0.39, 0.29) is 12.3 Å². The van der Waals surface area contributed by atoms with Gasteiger partial charge in [-0.1, -0.05) is 6.92 Å². The maximum absolute atomic E-state index is 10.8. The van der Waals surface area contributed by atoms with Crippen LogP contribution < -0.4 is 4.74 Å². The Morgan fingerprint density at radius 2 is 2.10 bits per heavy atom. The number of aliphatic carboxylic acids is 1. The van der Waals surface area contributed by atoms with Gasteiger partial charge in [-0.2, -0.15) is 0 Å². The molecule has 112 valence electrons. The van der Waals surface area contributed by atoms with Crippen molar-refractivity contribution in [2.45, 2.75) is 26.8 Å². The third kappa shape index (κ3) is 5.02. The highest BCUT2D eigenvalue weighted by atomic mass is 79.9. The lowest BCUT2D eigenvalue weighted by molar-refractivity contribution is -0.138. The number of carboxylic acid groups (broad SMARTS) is 1. The molecule has 2 N–H and O–H groups in total. The Morgan fingerprint density at radius 3 is 2.65 bits per heavy atom. The zero-order valence-corrected chi connectivity index (χ0v) is 13.3. The minimum atomic E-state index is -0.846. The summed E-state index contributed by atoms with van der Waals surface area (Å²) in [5, 5.41) is 18.8. The first-order chi connectivity index (χ1) is 9.47. The number of benzene rings is 1. The summed E-state index contributed by atoms with van der Waals surface area (Å²) in [7, 11) is 0. The van der Waals surface area contributed by atoms with Gasteiger partial charge in [0, 0.05) is 6.54 Å². The van der Waals surface area contributed by atoms with Gasteiger partial charge in [0.2, 0.25) is 0 Å². The molecule has 6 heteroatoms. The van der Waals surface area contributed by atoms with Gasteiger partial charge >= 0.3 is 5.97 Å². The largest absolute Gasteiger partial charge is 0.503 e. The van der Waals surface area contributed by atoms with E-state index >= 15 is 0 Å². The highest BCUT2D eigenvalue weighted by Gasteiger charge is 2.13. The number of carboxylic acids is 1. The molecule has 0 aromatic heterocycles. The summed E-state index contributed by atoms with van der Waals surface area (Å²) in [4.78, 5) is 12.7. The maximum Gasteiger partial charge on any atom is 0.317 e. The van der Waals surface area contributed by atoms with E-state index in [2.05, 4.69) is 15.9 Å². The number of halogens is 1. The van der Waals surface area contributed by atoms with E-state index in [0.29, 0.717) is 29.9 Å². The lowest BCUT2D eigenvalue weighted by atomic mass is 10.2. The van der Waals surface area contributed by atoms with Crippen molar-refractivity contribution in [1.29, 1.82) is 0 Å². The zero-order chi connectivity index (χ0) is 15.1. The summed E-state index contributed by atoms with van der Waals surface area (Å²) in [6.45, 7) is 5.50. The molecule has 0 aliphatic rings. The minimum absolute atomic E-state index is 0.00367. The normalized spacial score (nSPS) is 10.8. The van der Waals surface area contributed by atoms with E-state index in [0.717, 1.165) is 12.0 Å². The van der Waals surface area contributed by atoms with Crippen molar-refractivity contribution in [1.82, 2.24) is 4.90 Å². The number of phenols is 1. The van der Waals surface area contributed by atoms with Crippen molar-refractivity contribution in [3.8, 4) is 11.5 Å². The third-order valence-electron chi connectivity index (χ3n) is 2.69. The Hall–Kier alpha value is -1.27. The molecule has 5 nitrogen and oxygen atoms in total. The molecule has 0 heterocycles. The van der Waals surface area contributed by atoms with Gasteiger partial charge < -0.3 is 14.9 Å². The number of aromatic hydroxyl groups is 1. The van der Waals surface area contributed by atoms with Gasteiger partial charge in [0.15, 0.2) is 11.5 Å². The van der Waals surface area contributed by atoms with Crippen LogP contribution in [0.15, 0.2) is 16.6 Å². The minimum Gasteiger partial charge on any atom is -0.503 e. The molecule has 0 atom stereocenters. The number of hydrogen-bond donors (Lipinski definition) is 2. The van der Waals surface area contributed by atoms with Crippen LogP contribution in [0.1, 0.15) is 25.8 Å². The molecule has 0 saturated carbocycles. The Balaban J connectivity index is 2.91. The van der Waals surface area contributed by atoms with Crippen molar-refractivity contribution < 1.29 is 19.7 Å². The molecule has 0 aliphatic carbocycles. The van der Waals surface area contributed by atoms with Crippen LogP contribution >= 0.6 is 15.9 Å². The summed E-state index contributed by atoms with van der Waals surface area (Å²) in [6.07, 6.45) is 0.880. The maximum atomic E-state index is 10.8. The quantitative estimate of drug-likeness (QED) is 0.758. The summed E-state index contributed by atoms with van der Waals surface area (Å²) >= 11 is 3.28. The fourth-order valence-corrected chi connectivity index (χ4v) is 2.45. The van der Waals surface area contributed by atoms with Gasteiger partial charge in [-0.15, -0.1) is 0 Å². The Bertz CT molecular complexity index is 465. The first-order valence-electron chi connectivity index (χ1n) is 6.56. The Kier molecular flexibility index (Phi) is 6.81. The Labute approximate surface area is 127 Å². The molecular weight excluding hydrogens is 326 g/mol. The molecule has 0 amide bonds. The lowest BCUT2D eigenvalue weighted by Crippen LogP contribution is -2.30. The average Bonchev–Trinajstić information content (AvgIpc) is 2.35. The molecular formula is C14H20BrNO4. The predicted molar refractivity (Wildman–Crippen MR) is 80.2 cm³/mol. The number of rotatable bonds is 8. The van der Waals surface area contributed by atoms with E-state index in [1.807, 2.05) is 18.7 Å². The molecule has 0 aliphatic heterocycles. The first kappa shape index (κ1) is 16.8. The fraction of sp³-hybridized carbons (Fsp3) is 0.500. The topological polar surface area (TPSA) is 70.0 Å². The van der Waals surface area contributed by atoms with Gasteiger partial charge in [0.1, 0.15) is 0 Å². The van der Waals surface area contributed by atoms with Crippen LogP contribution in [0.2, 0.25) is 0 Å². The summed E-state index contributed by atoms with van der Waals surface area (Å²) in [5.74, 6) is -0.374. The van der Waals surface area contributed by atoms with Gasteiger partial charge in [0.05, 0.1) is 17.6 Å². The van der Waals surface area contributed by atoms with Crippen LogP contribution in [0.25, 0.3) is 0 Å². The van der Waals surface area contributed by atoms with E-state index < -0.39 is 5.97 Å². The van der Waals surface area contributed by atoms with E-state index in [4.69, 9.17) is 9.84 Å². The standard InChI is InChI=1S/C14H20BrNO4/c1-3-5-16(9-13(17)18)8-10-6-11(15)14(19)12(7-10)20-4-2/h6-7,19H,3-5,8-9H2,1-2H3,(H,17,18). The molecule has 0 radical (unpaired) electrons. The van der Waals surface area contributed by atoms with E-state index in [9.17, 15) is 9.90 Å². The van der Waals surface area contributed by atoms with E-state index in [1.165, 1.54) is 0 Å². The summed E-state index contributed by atoms with van der Waals surface area (Å²) in [5.41, 5.74) is 0.896. The molecule has 20 heavy (non-hydrogen) atoms. The van der Waals surface area contributed by atoms with Crippen molar-refractivity contribution in [3.05, 3.63) is 22.2 Å². The lowest BCUT2D eigenvalue weighted by Gasteiger charge is -2.20. The monoisotopic (exact) mass is 345 g/mol. The average molecular weight is 346 g/mol. The molecule has 0 saturated heterocycles. The number of carbonyl (C=O) groups is 1. The number of phenolic OH excluding ortho intramolecular Hbond substituents is 1. The van der Waals surface area contributed by atoms with Gasteiger partial charge in [-0.3, -0.25) is 9.69 Å². The van der Waals surface area contributed by atoms with Crippen LogP contribution in [0.4, 0.5) is 0 Å². The van der Waals surface area contributed by atoms with Crippen LogP contribution in [0.3, 0.4) is 0 Å². The molecule has 0 spiro atoms. The van der Waals surface area contributed by atoms with Crippen LogP contribution in [0, 0.1) is 0 Å². The van der Waals surface area contributed by atoms with Crippen LogP contribution in [-0.2, 0) is 11.3 Å². The molecule has 1 aromatic carbocycles. The molecule has 0 fully saturated rings. The second-order valence-corrected chi connectivity index (χ2v) is 5.32. The molecule has 1 aromatic rings. The fourth-order valence-electron chi connectivity index (χ4n) is 1.96. The van der Waals surface area contributed by atoms with Crippen molar-refractivity contribution in [2.24, 2.45) is 0 Å². The smallest absolute Gasteiger partial charge is 0.317 e. The highest BCUT2D eigenvalue weighted by Crippen LogP contribution is 2.35. The van der Waals surface area contributed by atoms with Crippen LogP contribution in [0.5, 0.6) is 11.5 Å². The third-order valence-corrected chi connectivity index (χ3v) is 3.30. The summed E-state index contributed by atoms with van der Waals surface area (Å²) in [6, 6.07) is 3.52. The second-order valence-electron chi connectivity index (χ2n) is 4.46. The van der Waals surface area contributed by atoms with Crippen molar-refractivity contribution >= 4 is 21.9 Å². The van der Waals surface area contributed by atoms with Gasteiger partial charge in [-0.25, -0.2) is 0 Å². The van der Waals surface area contributed by atoms with E-state index in [1.54, 1.807) is 12.1 Å². The van der Waals surface area contributed by atoms with Crippen molar-refractivity contribution in [2.75, 3.05) is 19.7 Å². The number of hydrogen-bond acceptors (Lipinski definition) is 4. The van der Waals surface area contributed by atoms with Crippen LogP contribution in [-0.4, -0.2) is 40.8 Å². The van der Waals surface area contributed by atoms with Gasteiger partial charge in [-0.05, 0) is 53.5 Å². The number of nitrogens with zero attached hydrogens (tertiary/aromatic N) is 1. The highest BCUT2D eigenvalue weighted by molar-refractivity contribution is 9.10. The van der Waals surface area contributed by atoms with Crippen molar-refractivity contribution in [3.63, 3.8) is 0 Å². The zero-order valence-electron chi connectivity index (χ0n) is 11.7. The molecule has 0 bridgehead atoms. The second kappa shape index (κ2) is 8.11. The summed E-state index contributed by atoms with van der Waals surface area (Å²) < 4.78 is 5.91. The van der Waals surface area contributed by atoms with Gasteiger partial charge in [0.25, 0.3) is 0 Å². The molecule has 0 unspecified atom stereocenters. The number of ether oxygens (including phenoxy) is 1. The SMILES string of the molecule is CCCN(CC(=O)O)Cc1cc(Br)c(O)c(OCC)c1.